The van der Waals surface area contributed by atoms with Crippen molar-refractivity contribution in [1.29, 1.82) is 0 Å². The summed E-state index contributed by atoms with van der Waals surface area (Å²) in [7, 11) is -1.46. The lowest BCUT2D eigenvalue weighted by molar-refractivity contribution is 0.0927. The number of pyridine rings is 1. The number of sulfonamides is 1. The molecule has 0 spiro atoms. The van der Waals surface area contributed by atoms with Crippen molar-refractivity contribution in [2.24, 2.45) is 0 Å². The van der Waals surface area contributed by atoms with Crippen LogP contribution in [0.5, 0.6) is 0 Å². The highest BCUT2D eigenvalue weighted by molar-refractivity contribution is 7.88. The number of hydrogen-bond acceptors (Lipinski definition) is 5. The summed E-state index contributed by atoms with van der Waals surface area (Å²) < 4.78 is 30.7. The average Bonchev–Trinajstić information content (AvgIpc) is 2.91. The van der Waals surface area contributed by atoms with Crippen LogP contribution in [-0.4, -0.2) is 50.3 Å². The lowest BCUT2D eigenvalue weighted by atomic mass is 10.2. The zero-order chi connectivity index (χ0) is 14.6. The standard InChI is InChI=1S/C13H21N3O3S/c1-14-13-6-5-11(8-15-13)9-16(20(2,17)18)10-12-4-3-7-19-12/h5-6,8,12H,3-4,7,9-10H2,1-2H3,(H,14,15)/t12-/m0/s1. The fourth-order valence-electron chi connectivity index (χ4n) is 2.20. The number of anilines is 1. The molecule has 1 aliphatic rings. The van der Waals surface area contributed by atoms with Gasteiger partial charge >= 0.3 is 0 Å². The van der Waals surface area contributed by atoms with Crippen LogP contribution in [0.3, 0.4) is 0 Å². The van der Waals surface area contributed by atoms with E-state index in [4.69, 9.17) is 4.74 Å². The van der Waals surface area contributed by atoms with Crippen molar-refractivity contribution in [3.05, 3.63) is 23.9 Å². The molecule has 2 rings (SSSR count). The molecule has 6 nitrogen and oxygen atoms in total. The van der Waals surface area contributed by atoms with Crippen molar-refractivity contribution < 1.29 is 13.2 Å². The van der Waals surface area contributed by atoms with E-state index in [1.165, 1.54) is 10.6 Å². The number of aromatic nitrogens is 1. The monoisotopic (exact) mass is 299 g/mol. The first-order chi connectivity index (χ1) is 9.49. The van der Waals surface area contributed by atoms with E-state index in [0.717, 1.165) is 30.8 Å². The van der Waals surface area contributed by atoms with Gasteiger partial charge in [0.2, 0.25) is 10.0 Å². The summed E-state index contributed by atoms with van der Waals surface area (Å²) in [5, 5.41) is 2.93. The van der Waals surface area contributed by atoms with Crippen LogP contribution in [0.4, 0.5) is 5.82 Å². The van der Waals surface area contributed by atoms with Crippen molar-refractivity contribution in [2.75, 3.05) is 31.8 Å². The van der Waals surface area contributed by atoms with Gasteiger partial charge in [0.15, 0.2) is 0 Å². The molecule has 1 N–H and O–H groups in total. The summed E-state index contributed by atoms with van der Waals surface area (Å²) in [6.45, 7) is 1.46. The summed E-state index contributed by atoms with van der Waals surface area (Å²) >= 11 is 0. The molecule has 0 aromatic carbocycles. The van der Waals surface area contributed by atoms with Crippen LogP contribution >= 0.6 is 0 Å². The zero-order valence-electron chi connectivity index (χ0n) is 11.9. The van der Waals surface area contributed by atoms with E-state index < -0.39 is 10.0 Å². The minimum Gasteiger partial charge on any atom is -0.377 e. The Labute approximate surface area is 120 Å². The van der Waals surface area contributed by atoms with Gasteiger partial charge in [0.25, 0.3) is 0 Å². The lowest BCUT2D eigenvalue weighted by Crippen LogP contribution is -2.36. The first kappa shape index (κ1) is 15.2. The molecular formula is C13H21N3O3S. The molecule has 0 radical (unpaired) electrons. The quantitative estimate of drug-likeness (QED) is 0.850. The molecule has 0 amide bonds. The van der Waals surface area contributed by atoms with E-state index in [-0.39, 0.29) is 6.10 Å². The highest BCUT2D eigenvalue weighted by Gasteiger charge is 2.24. The van der Waals surface area contributed by atoms with Gasteiger partial charge in [-0.05, 0) is 24.5 Å². The van der Waals surface area contributed by atoms with Crippen molar-refractivity contribution in [1.82, 2.24) is 9.29 Å². The fraction of sp³-hybridized carbons (Fsp3) is 0.615. The van der Waals surface area contributed by atoms with Crippen LogP contribution in [0, 0.1) is 0 Å². The smallest absolute Gasteiger partial charge is 0.211 e. The molecule has 1 aromatic heterocycles. The number of hydrogen-bond donors (Lipinski definition) is 1. The molecule has 1 fully saturated rings. The molecule has 1 atom stereocenters. The van der Waals surface area contributed by atoms with Gasteiger partial charge < -0.3 is 10.1 Å². The summed E-state index contributed by atoms with van der Waals surface area (Å²) in [5.74, 6) is 0.763. The van der Waals surface area contributed by atoms with Gasteiger partial charge in [0.1, 0.15) is 5.82 Å². The summed E-state index contributed by atoms with van der Waals surface area (Å²) in [6, 6.07) is 3.72. The normalized spacial score (nSPS) is 19.4. The highest BCUT2D eigenvalue weighted by atomic mass is 32.2. The molecule has 1 aromatic rings. The maximum atomic E-state index is 11.9. The summed E-state index contributed by atoms with van der Waals surface area (Å²) in [6.07, 6.45) is 4.86. The Bertz CT molecular complexity index is 524. The van der Waals surface area contributed by atoms with Crippen LogP contribution < -0.4 is 5.32 Å². The van der Waals surface area contributed by atoms with Crippen molar-refractivity contribution >= 4 is 15.8 Å². The molecule has 1 aliphatic heterocycles. The minimum absolute atomic E-state index is 0.00858. The SMILES string of the molecule is CNc1ccc(CN(C[C@@H]2CCCO2)S(C)(=O)=O)cn1. The van der Waals surface area contributed by atoms with Gasteiger partial charge in [0.05, 0.1) is 12.4 Å². The number of nitrogens with zero attached hydrogens (tertiary/aromatic N) is 2. The van der Waals surface area contributed by atoms with E-state index in [1.54, 1.807) is 13.2 Å². The second-order valence-electron chi connectivity index (χ2n) is 4.99. The summed E-state index contributed by atoms with van der Waals surface area (Å²) in [4.78, 5) is 4.20. The third kappa shape index (κ3) is 4.16. The topological polar surface area (TPSA) is 71.5 Å². The number of nitrogens with one attached hydrogen (secondary N) is 1. The maximum Gasteiger partial charge on any atom is 0.211 e. The predicted molar refractivity (Wildman–Crippen MR) is 78.0 cm³/mol. The van der Waals surface area contributed by atoms with E-state index >= 15 is 0 Å². The van der Waals surface area contributed by atoms with Gasteiger partial charge in [0, 0.05) is 32.9 Å². The van der Waals surface area contributed by atoms with Crippen molar-refractivity contribution in [3.63, 3.8) is 0 Å². The molecule has 1 saturated heterocycles. The van der Waals surface area contributed by atoms with Gasteiger partial charge in [-0.3, -0.25) is 0 Å². The fourth-order valence-corrected chi connectivity index (χ4v) is 3.02. The highest BCUT2D eigenvalue weighted by Crippen LogP contribution is 2.17. The molecule has 0 bridgehead atoms. The van der Waals surface area contributed by atoms with E-state index in [1.807, 2.05) is 12.1 Å². The Kier molecular flexibility index (Phi) is 4.95. The first-order valence-corrected chi connectivity index (χ1v) is 8.53. The molecule has 0 saturated carbocycles. The molecule has 7 heteroatoms. The van der Waals surface area contributed by atoms with E-state index in [9.17, 15) is 8.42 Å². The number of ether oxygens (including phenoxy) is 1. The van der Waals surface area contributed by atoms with Crippen molar-refractivity contribution in [2.45, 2.75) is 25.5 Å². The van der Waals surface area contributed by atoms with Crippen LogP contribution in [0.25, 0.3) is 0 Å². The third-order valence-corrected chi connectivity index (χ3v) is 4.56. The van der Waals surface area contributed by atoms with E-state index in [0.29, 0.717) is 13.1 Å². The zero-order valence-corrected chi connectivity index (χ0v) is 12.7. The third-order valence-electron chi connectivity index (χ3n) is 3.34. The van der Waals surface area contributed by atoms with E-state index in [2.05, 4.69) is 10.3 Å². The second kappa shape index (κ2) is 6.51. The average molecular weight is 299 g/mol. The van der Waals surface area contributed by atoms with Crippen LogP contribution in [0.15, 0.2) is 18.3 Å². The van der Waals surface area contributed by atoms with Crippen molar-refractivity contribution in [3.8, 4) is 0 Å². The summed E-state index contributed by atoms with van der Waals surface area (Å²) in [5.41, 5.74) is 0.868. The Hall–Kier alpha value is -1.18. The lowest BCUT2D eigenvalue weighted by Gasteiger charge is -2.23. The molecule has 2 heterocycles. The Morgan fingerprint density at radius 3 is 2.80 bits per heavy atom. The Morgan fingerprint density at radius 1 is 1.50 bits per heavy atom. The van der Waals surface area contributed by atoms with Gasteiger partial charge in [-0.2, -0.15) is 4.31 Å². The molecule has 0 unspecified atom stereocenters. The van der Waals surface area contributed by atoms with Gasteiger partial charge in [-0.25, -0.2) is 13.4 Å². The molecule has 20 heavy (non-hydrogen) atoms. The number of rotatable bonds is 6. The van der Waals surface area contributed by atoms with Gasteiger partial charge in [-0.1, -0.05) is 6.07 Å². The maximum absolute atomic E-state index is 11.9. The second-order valence-corrected chi connectivity index (χ2v) is 6.97. The Morgan fingerprint density at radius 2 is 2.30 bits per heavy atom. The van der Waals surface area contributed by atoms with Crippen LogP contribution in [0.2, 0.25) is 0 Å². The van der Waals surface area contributed by atoms with Crippen LogP contribution in [0.1, 0.15) is 18.4 Å². The predicted octanol–water partition coefficient (Wildman–Crippen LogP) is 1.06. The Balaban J connectivity index is 2.06. The van der Waals surface area contributed by atoms with Crippen LogP contribution in [-0.2, 0) is 21.3 Å². The minimum atomic E-state index is -3.26. The molecule has 112 valence electrons. The first-order valence-electron chi connectivity index (χ1n) is 6.68. The largest absolute Gasteiger partial charge is 0.377 e. The molecular weight excluding hydrogens is 278 g/mol. The molecule has 0 aliphatic carbocycles. The van der Waals surface area contributed by atoms with Gasteiger partial charge in [-0.15, -0.1) is 0 Å².